The summed E-state index contributed by atoms with van der Waals surface area (Å²) in [6.45, 7) is 0. The molecule has 0 heterocycles. The van der Waals surface area contributed by atoms with Crippen molar-refractivity contribution in [2.45, 2.75) is 25.7 Å². The summed E-state index contributed by atoms with van der Waals surface area (Å²) in [6, 6.07) is 0. The zero-order valence-electron chi connectivity index (χ0n) is 8.26. The number of carbonyl (C=O) groups excluding carboxylic acids is 2. The maximum Gasteiger partial charge on any atom is 0.120 e. The molecule has 14 heavy (non-hydrogen) atoms. The average Bonchev–Trinajstić information content (AvgIpc) is 2.76. The quantitative estimate of drug-likeness (QED) is 0.493. The number of hydrogen-bond acceptors (Lipinski definition) is 2. The van der Waals surface area contributed by atoms with E-state index in [-0.39, 0.29) is 0 Å². The van der Waals surface area contributed by atoms with Gasteiger partial charge in [0.05, 0.1) is 0 Å². The second-order valence-electron chi connectivity index (χ2n) is 4.42. The second kappa shape index (κ2) is 4.07. The predicted molar refractivity (Wildman–Crippen MR) is 53.7 cm³/mol. The van der Waals surface area contributed by atoms with Crippen LogP contribution >= 0.6 is 0 Å². The lowest BCUT2D eigenvalue weighted by atomic mass is 9.79. The Kier molecular flexibility index (Phi) is 2.80. The molecule has 0 radical (unpaired) electrons. The Morgan fingerprint density at radius 3 is 2.43 bits per heavy atom. The van der Waals surface area contributed by atoms with Crippen LogP contribution in [0.3, 0.4) is 0 Å². The lowest BCUT2D eigenvalue weighted by molar-refractivity contribution is -0.109. The Bertz CT molecular complexity index is 257. The van der Waals surface area contributed by atoms with Gasteiger partial charge >= 0.3 is 0 Å². The minimum absolute atomic E-state index is 0.516. The molecule has 2 nitrogen and oxygen atoms in total. The number of allylic oxidation sites excluding steroid dienone is 2. The van der Waals surface area contributed by atoms with Crippen molar-refractivity contribution >= 4 is 12.6 Å². The van der Waals surface area contributed by atoms with Crippen LogP contribution in [0.5, 0.6) is 0 Å². The molecule has 0 aromatic carbocycles. The minimum Gasteiger partial charge on any atom is -0.303 e. The molecule has 2 aliphatic rings. The van der Waals surface area contributed by atoms with Crippen molar-refractivity contribution in [2.75, 3.05) is 0 Å². The molecule has 4 atom stereocenters. The molecule has 0 amide bonds. The van der Waals surface area contributed by atoms with Crippen LogP contribution in [0.25, 0.3) is 0 Å². The second-order valence-corrected chi connectivity index (χ2v) is 4.42. The number of fused-ring (bicyclic) bond motifs is 2. The standard InChI is InChI=1S/C12H16O2/c13-6-1-2-11-9-3-4-10(8-9)12(11)5-7-14/h3-4,6-7,9-12H,1-2,5,8H2. The maximum absolute atomic E-state index is 10.6. The first-order valence-electron chi connectivity index (χ1n) is 5.42. The predicted octanol–water partition coefficient (Wildman–Crippen LogP) is 1.99. The molecule has 2 aliphatic carbocycles. The number of aldehydes is 2. The molecule has 2 heteroatoms. The summed E-state index contributed by atoms with van der Waals surface area (Å²) < 4.78 is 0. The Hall–Kier alpha value is -0.920. The Balaban J connectivity index is 2.01. The van der Waals surface area contributed by atoms with E-state index in [0.717, 1.165) is 19.0 Å². The van der Waals surface area contributed by atoms with E-state index in [2.05, 4.69) is 12.2 Å². The van der Waals surface area contributed by atoms with E-state index >= 15 is 0 Å². The SMILES string of the molecule is O=CCCC1C2C=CC(C2)C1CC=O. The highest BCUT2D eigenvalue weighted by Crippen LogP contribution is 2.50. The molecule has 0 saturated heterocycles. The van der Waals surface area contributed by atoms with Crippen molar-refractivity contribution in [1.29, 1.82) is 0 Å². The smallest absolute Gasteiger partial charge is 0.120 e. The van der Waals surface area contributed by atoms with Crippen molar-refractivity contribution in [2.24, 2.45) is 23.7 Å². The van der Waals surface area contributed by atoms with Gasteiger partial charge in [0.1, 0.15) is 12.6 Å². The molecule has 1 fully saturated rings. The summed E-state index contributed by atoms with van der Waals surface area (Å²) >= 11 is 0. The molecule has 2 rings (SSSR count). The molecule has 1 saturated carbocycles. The fourth-order valence-corrected chi connectivity index (χ4v) is 3.18. The number of rotatable bonds is 5. The summed E-state index contributed by atoms with van der Waals surface area (Å²) in [7, 11) is 0. The van der Waals surface area contributed by atoms with Crippen LogP contribution in [-0.2, 0) is 9.59 Å². The molecule has 0 aromatic heterocycles. The lowest BCUT2D eigenvalue weighted by Crippen LogP contribution is -2.20. The van der Waals surface area contributed by atoms with Gasteiger partial charge in [0.2, 0.25) is 0 Å². The van der Waals surface area contributed by atoms with Gasteiger partial charge in [-0.15, -0.1) is 0 Å². The molecule has 76 valence electrons. The molecule has 4 unspecified atom stereocenters. The van der Waals surface area contributed by atoms with Gasteiger partial charge in [0.15, 0.2) is 0 Å². The molecule has 0 N–H and O–H groups in total. The fraction of sp³-hybridized carbons (Fsp3) is 0.667. The largest absolute Gasteiger partial charge is 0.303 e. The van der Waals surface area contributed by atoms with Crippen LogP contribution < -0.4 is 0 Å². The van der Waals surface area contributed by atoms with Crippen LogP contribution in [0.2, 0.25) is 0 Å². The van der Waals surface area contributed by atoms with E-state index < -0.39 is 0 Å². The van der Waals surface area contributed by atoms with Gasteiger partial charge in [-0.05, 0) is 36.5 Å². The van der Waals surface area contributed by atoms with Crippen molar-refractivity contribution in [1.82, 2.24) is 0 Å². The summed E-state index contributed by atoms with van der Waals surface area (Å²) in [6.07, 6.45) is 10.1. The van der Waals surface area contributed by atoms with Crippen LogP contribution in [0.4, 0.5) is 0 Å². The highest BCUT2D eigenvalue weighted by atomic mass is 16.1. The van der Waals surface area contributed by atoms with E-state index in [1.165, 1.54) is 6.42 Å². The Labute approximate surface area is 84.4 Å². The third kappa shape index (κ3) is 1.54. The van der Waals surface area contributed by atoms with Gasteiger partial charge in [-0.25, -0.2) is 0 Å². The Morgan fingerprint density at radius 1 is 1.07 bits per heavy atom. The third-order valence-electron chi connectivity index (χ3n) is 3.79. The van der Waals surface area contributed by atoms with E-state index in [9.17, 15) is 9.59 Å². The van der Waals surface area contributed by atoms with Crippen molar-refractivity contribution in [3.05, 3.63) is 12.2 Å². The molecular weight excluding hydrogens is 176 g/mol. The number of carbonyl (C=O) groups is 2. The van der Waals surface area contributed by atoms with Gasteiger partial charge in [-0.1, -0.05) is 12.2 Å². The molecule has 2 bridgehead atoms. The lowest BCUT2D eigenvalue weighted by Gasteiger charge is -2.25. The Morgan fingerprint density at radius 2 is 1.79 bits per heavy atom. The number of hydrogen-bond donors (Lipinski definition) is 0. The first-order valence-corrected chi connectivity index (χ1v) is 5.42. The van der Waals surface area contributed by atoms with Crippen molar-refractivity contribution in [3.8, 4) is 0 Å². The molecule has 0 aromatic rings. The average molecular weight is 192 g/mol. The highest BCUT2D eigenvalue weighted by molar-refractivity contribution is 5.51. The summed E-state index contributed by atoms with van der Waals surface area (Å²) in [4.78, 5) is 20.9. The summed E-state index contributed by atoms with van der Waals surface area (Å²) in [5.74, 6) is 2.36. The normalized spacial score (nSPS) is 38.9. The molecular formula is C12H16O2. The van der Waals surface area contributed by atoms with Crippen LogP contribution in [0, 0.1) is 23.7 Å². The van der Waals surface area contributed by atoms with Crippen molar-refractivity contribution < 1.29 is 9.59 Å². The van der Waals surface area contributed by atoms with Crippen LogP contribution in [0.15, 0.2) is 12.2 Å². The van der Waals surface area contributed by atoms with E-state index in [4.69, 9.17) is 0 Å². The zero-order valence-corrected chi connectivity index (χ0v) is 8.26. The van der Waals surface area contributed by atoms with Crippen molar-refractivity contribution in [3.63, 3.8) is 0 Å². The fourth-order valence-electron chi connectivity index (χ4n) is 3.18. The topological polar surface area (TPSA) is 34.1 Å². The van der Waals surface area contributed by atoms with E-state index in [1.54, 1.807) is 0 Å². The van der Waals surface area contributed by atoms with Gasteiger partial charge in [-0.3, -0.25) is 0 Å². The monoisotopic (exact) mass is 192 g/mol. The van der Waals surface area contributed by atoms with Gasteiger partial charge in [-0.2, -0.15) is 0 Å². The zero-order chi connectivity index (χ0) is 9.97. The van der Waals surface area contributed by atoms with E-state index in [1.807, 2.05) is 0 Å². The highest BCUT2D eigenvalue weighted by Gasteiger charge is 2.43. The van der Waals surface area contributed by atoms with E-state index in [0.29, 0.717) is 36.5 Å². The summed E-state index contributed by atoms with van der Waals surface area (Å²) in [5.41, 5.74) is 0. The maximum atomic E-state index is 10.6. The van der Waals surface area contributed by atoms with Gasteiger partial charge < -0.3 is 9.59 Å². The first kappa shape index (κ1) is 9.63. The minimum atomic E-state index is 0.516. The van der Waals surface area contributed by atoms with Crippen LogP contribution in [-0.4, -0.2) is 12.6 Å². The molecule has 0 aliphatic heterocycles. The van der Waals surface area contributed by atoms with Crippen LogP contribution in [0.1, 0.15) is 25.7 Å². The van der Waals surface area contributed by atoms with Gasteiger partial charge in [0, 0.05) is 12.8 Å². The summed E-state index contributed by atoms with van der Waals surface area (Å²) in [5, 5.41) is 0. The van der Waals surface area contributed by atoms with Gasteiger partial charge in [0.25, 0.3) is 0 Å². The first-order chi connectivity index (χ1) is 6.86. The molecule has 0 spiro atoms. The third-order valence-corrected chi connectivity index (χ3v) is 3.79.